The summed E-state index contributed by atoms with van der Waals surface area (Å²) in [4.78, 5) is 12.0. The van der Waals surface area contributed by atoms with Gasteiger partial charge in [-0.15, -0.1) is 0 Å². The first-order valence-electron chi connectivity index (χ1n) is 6.77. The highest BCUT2D eigenvalue weighted by atomic mass is 16.1. The van der Waals surface area contributed by atoms with E-state index in [1.165, 1.54) is 11.1 Å². The van der Waals surface area contributed by atoms with Gasteiger partial charge in [-0.1, -0.05) is 33.8 Å². The summed E-state index contributed by atoms with van der Waals surface area (Å²) >= 11 is 0. The van der Waals surface area contributed by atoms with Crippen molar-refractivity contribution in [2.45, 2.75) is 59.4 Å². The summed E-state index contributed by atoms with van der Waals surface area (Å²) < 4.78 is 0. The molecule has 18 heavy (non-hydrogen) atoms. The molecule has 0 radical (unpaired) electrons. The van der Waals surface area contributed by atoms with Crippen LogP contribution in [-0.2, 0) is 0 Å². The van der Waals surface area contributed by atoms with Crippen LogP contribution in [0.4, 0.5) is 0 Å². The van der Waals surface area contributed by atoms with Gasteiger partial charge >= 0.3 is 0 Å². The SMILES string of the molecule is CC(C)NC(=O)c1ccc(C(C)C)c(C(C)C)c1. The highest BCUT2D eigenvalue weighted by Gasteiger charge is 2.14. The second-order valence-corrected chi connectivity index (χ2v) is 5.78. The van der Waals surface area contributed by atoms with E-state index in [4.69, 9.17) is 0 Å². The Balaban J connectivity index is 3.11. The maximum atomic E-state index is 12.0. The Morgan fingerprint density at radius 2 is 1.50 bits per heavy atom. The topological polar surface area (TPSA) is 29.1 Å². The standard InChI is InChI=1S/C16H25NO/c1-10(2)14-8-7-13(9-15(14)11(3)4)16(18)17-12(5)6/h7-12H,1-6H3,(H,17,18). The Morgan fingerprint density at radius 1 is 0.944 bits per heavy atom. The first-order chi connectivity index (χ1) is 8.32. The second kappa shape index (κ2) is 6.03. The molecule has 0 bridgehead atoms. The maximum Gasteiger partial charge on any atom is 0.251 e. The molecule has 0 saturated heterocycles. The molecule has 0 heterocycles. The quantitative estimate of drug-likeness (QED) is 0.853. The lowest BCUT2D eigenvalue weighted by atomic mass is 9.89. The van der Waals surface area contributed by atoms with Gasteiger partial charge in [0.1, 0.15) is 0 Å². The molecule has 0 aromatic heterocycles. The molecule has 1 rings (SSSR count). The molecule has 0 spiro atoms. The van der Waals surface area contributed by atoms with E-state index in [0.717, 1.165) is 5.56 Å². The van der Waals surface area contributed by atoms with Crippen molar-refractivity contribution in [1.29, 1.82) is 0 Å². The molecule has 0 unspecified atom stereocenters. The minimum absolute atomic E-state index is 0.0159. The molecule has 1 amide bonds. The number of benzene rings is 1. The fraction of sp³-hybridized carbons (Fsp3) is 0.562. The predicted octanol–water partition coefficient (Wildman–Crippen LogP) is 4.07. The molecule has 0 aliphatic rings. The summed E-state index contributed by atoms with van der Waals surface area (Å²) in [6.07, 6.45) is 0. The zero-order valence-electron chi connectivity index (χ0n) is 12.4. The number of carbonyl (C=O) groups excluding carboxylic acids is 1. The average Bonchev–Trinajstić information content (AvgIpc) is 2.26. The number of amides is 1. The first kappa shape index (κ1) is 14.7. The zero-order valence-corrected chi connectivity index (χ0v) is 12.4. The van der Waals surface area contributed by atoms with Crippen molar-refractivity contribution >= 4 is 5.91 Å². The molecule has 2 heteroatoms. The first-order valence-corrected chi connectivity index (χ1v) is 6.77. The predicted molar refractivity (Wildman–Crippen MR) is 77.2 cm³/mol. The highest BCUT2D eigenvalue weighted by molar-refractivity contribution is 5.94. The van der Waals surface area contributed by atoms with Crippen molar-refractivity contribution in [2.24, 2.45) is 0 Å². The molecule has 0 aliphatic carbocycles. The van der Waals surface area contributed by atoms with Gasteiger partial charge in [0.25, 0.3) is 5.91 Å². The van der Waals surface area contributed by atoms with E-state index in [9.17, 15) is 4.79 Å². The van der Waals surface area contributed by atoms with Gasteiger partial charge in [-0.3, -0.25) is 4.79 Å². The van der Waals surface area contributed by atoms with Crippen LogP contribution in [0.3, 0.4) is 0 Å². The molecule has 2 nitrogen and oxygen atoms in total. The van der Waals surface area contributed by atoms with Crippen molar-refractivity contribution in [1.82, 2.24) is 5.32 Å². The van der Waals surface area contributed by atoms with Gasteiger partial charge in [0.15, 0.2) is 0 Å². The van der Waals surface area contributed by atoms with E-state index < -0.39 is 0 Å². The van der Waals surface area contributed by atoms with Gasteiger partial charge < -0.3 is 5.32 Å². The number of rotatable bonds is 4. The van der Waals surface area contributed by atoms with E-state index in [1.807, 2.05) is 26.0 Å². The summed E-state index contributed by atoms with van der Waals surface area (Å²) in [6, 6.07) is 6.23. The monoisotopic (exact) mass is 247 g/mol. The maximum absolute atomic E-state index is 12.0. The van der Waals surface area contributed by atoms with Gasteiger partial charge in [-0.25, -0.2) is 0 Å². The number of hydrogen-bond acceptors (Lipinski definition) is 1. The van der Waals surface area contributed by atoms with Gasteiger partial charge in [0.2, 0.25) is 0 Å². The number of nitrogens with one attached hydrogen (secondary N) is 1. The van der Waals surface area contributed by atoms with Crippen LogP contribution >= 0.6 is 0 Å². The third kappa shape index (κ3) is 3.59. The highest BCUT2D eigenvalue weighted by Crippen LogP contribution is 2.27. The van der Waals surface area contributed by atoms with E-state index >= 15 is 0 Å². The van der Waals surface area contributed by atoms with Crippen molar-refractivity contribution in [2.75, 3.05) is 0 Å². The molecule has 0 atom stereocenters. The van der Waals surface area contributed by atoms with E-state index in [2.05, 4.69) is 39.1 Å². The Hall–Kier alpha value is -1.31. The molecular weight excluding hydrogens is 222 g/mol. The van der Waals surface area contributed by atoms with Crippen LogP contribution in [-0.4, -0.2) is 11.9 Å². The van der Waals surface area contributed by atoms with E-state index in [1.54, 1.807) is 0 Å². The fourth-order valence-electron chi connectivity index (χ4n) is 2.09. The largest absolute Gasteiger partial charge is 0.350 e. The summed E-state index contributed by atoms with van der Waals surface area (Å²) in [5.41, 5.74) is 3.38. The normalized spacial score (nSPS) is 11.4. The summed E-state index contributed by atoms with van der Waals surface area (Å²) in [6.45, 7) is 12.7. The Labute approximate surface area is 111 Å². The van der Waals surface area contributed by atoms with E-state index in [-0.39, 0.29) is 11.9 Å². The molecular formula is C16H25NO. The third-order valence-corrected chi connectivity index (χ3v) is 3.01. The van der Waals surface area contributed by atoms with Crippen LogP contribution in [0.15, 0.2) is 18.2 Å². The van der Waals surface area contributed by atoms with Crippen LogP contribution in [0.5, 0.6) is 0 Å². The second-order valence-electron chi connectivity index (χ2n) is 5.78. The van der Waals surface area contributed by atoms with Crippen molar-refractivity contribution in [3.63, 3.8) is 0 Å². The van der Waals surface area contributed by atoms with Gasteiger partial charge in [0.05, 0.1) is 0 Å². The minimum atomic E-state index is 0.0159. The lowest BCUT2D eigenvalue weighted by Gasteiger charge is -2.17. The van der Waals surface area contributed by atoms with Crippen LogP contribution in [0.2, 0.25) is 0 Å². The Bertz CT molecular complexity index is 419. The lowest BCUT2D eigenvalue weighted by Crippen LogP contribution is -2.30. The van der Waals surface area contributed by atoms with Crippen molar-refractivity contribution < 1.29 is 4.79 Å². The van der Waals surface area contributed by atoms with Crippen molar-refractivity contribution in [3.05, 3.63) is 34.9 Å². The average molecular weight is 247 g/mol. The zero-order chi connectivity index (χ0) is 13.9. The van der Waals surface area contributed by atoms with Gasteiger partial charge in [-0.2, -0.15) is 0 Å². The van der Waals surface area contributed by atoms with Gasteiger partial charge in [-0.05, 0) is 48.9 Å². The molecule has 0 aliphatic heterocycles. The van der Waals surface area contributed by atoms with Crippen LogP contribution in [0.1, 0.15) is 74.9 Å². The molecule has 100 valence electrons. The number of hydrogen-bond donors (Lipinski definition) is 1. The molecule has 1 N–H and O–H groups in total. The van der Waals surface area contributed by atoms with Crippen LogP contribution in [0.25, 0.3) is 0 Å². The van der Waals surface area contributed by atoms with E-state index in [0.29, 0.717) is 11.8 Å². The molecule has 1 aromatic rings. The summed E-state index contributed by atoms with van der Waals surface area (Å²) in [7, 11) is 0. The Kier molecular flexibility index (Phi) is 4.94. The third-order valence-electron chi connectivity index (χ3n) is 3.01. The molecule has 1 aromatic carbocycles. The number of carbonyl (C=O) groups is 1. The smallest absolute Gasteiger partial charge is 0.251 e. The van der Waals surface area contributed by atoms with Crippen LogP contribution in [0, 0.1) is 0 Å². The minimum Gasteiger partial charge on any atom is -0.350 e. The van der Waals surface area contributed by atoms with Crippen LogP contribution < -0.4 is 5.32 Å². The summed E-state index contributed by atoms with van der Waals surface area (Å²) in [5.74, 6) is 0.945. The Morgan fingerprint density at radius 3 is 1.94 bits per heavy atom. The molecule has 0 fully saturated rings. The summed E-state index contributed by atoms with van der Waals surface area (Å²) in [5, 5.41) is 2.93. The van der Waals surface area contributed by atoms with Gasteiger partial charge in [0, 0.05) is 11.6 Å². The van der Waals surface area contributed by atoms with Crippen molar-refractivity contribution in [3.8, 4) is 0 Å². The lowest BCUT2D eigenvalue weighted by molar-refractivity contribution is 0.0943. The molecule has 0 saturated carbocycles. The fourth-order valence-corrected chi connectivity index (χ4v) is 2.09.